The van der Waals surface area contributed by atoms with E-state index in [0.29, 0.717) is 39.5 Å². The molecule has 0 unspecified atom stereocenters. The molecule has 1 aromatic heterocycles. The summed E-state index contributed by atoms with van der Waals surface area (Å²) in [5.74, 6) is 1.05. The molecule has 7 nitrogen and oxygen atoms in total. The van der Waals surface area contributed by atoms with E-state index in [9.17, 15) is 15.4 Å². The van der Waals surface area contributed by atoms with Gasteiger partial charge in [0.25, 0.3) is 5.69 Å². The number of furan rings is 1. The van der Waals surface area contributed by atoms with Gasteiger partial charge >= 0.3 is 0 Å². The first-order chi connectivity index (χ1) is 13.5. The van der Waals surface area contributed by atoms with Crippen LogP contribution in [0.5, 0.6) is 5.75 Å². The Bertz CT molecular complexity index is 1150. The fraction of sp³-hybridized carbons (Fsp3) is 0.0476. The van der Waals surface area contributed by atoms with Crippen molar-refractivity contribution >= 4 is 17.3 Å². The first-order valence-corrected chi connectivity index (χ1v) is 8.10. The number of nitro groups is 1. The van der Waals surface area contributed by atoms with E-state index in [2.05, 4.69) is 6.07 Å². The molecule has 0 bridgehead atoms. The highest BCUT2D eigenvalue weighted by Crippen LogP contribution is 2.34. The topological polar surface area (TPSA) is 113 Å². The van der Waals surface area contributed by atoms with Crippen LogP contribution in [-0.2, 0) is 0 Å². The van der Waals surface area contributed by atoms with Crippen molar-refractivity contribution in [1.82, 2.24) is 0 Å². The van der Waals surface area contributed by atoms with Crippen LogP contribution in [0.1, 0.15) is 16.9 Å². The maximum absolute atomic E-state index is 11.4. The Morgan fingerprint density at radius 3 is 2.50 bits per heavy atom. The number of nitriles is 2. The quantitative estimate of drug-likeness (QED) is 0.362. The van der Waals surface area contributed by atoms with Gasteiger partial charge in [-0.25, -0.2) is 0 Å². The lowest BCUT2D eigenvalue weighted by Gasteiger charge is -2.03. The van der Waals surface area contributed by atoms with Crippen molar-refractivity contribution < 1.29 is 14.1 Å². The molecule has 0 saturated heterocycles. The average Bonchev–Trinajstić information content (AvgIpc) is 3.20. The monoisotopic (exact) mass is 371 g/mol. The highest BCUT2D eigenvalue weighted by molar-refractivity contribution is 5.89. The maximum atomic E-state index is 11.4. The van der Waals surface area contributed by atoms with Crippen LogP contribution in [0.15, 0.2) is 59.0 Å². The van der Waals surface area contributed by atoms with Gasteiger partial charge in [0.1, 0.15) is 17.3 Å². The third kappa shape index (κ3) is 3.74. The number of allylic oxidation sites excluding steroid dienone is 1. The van der Waals surface area contributed by atoms with Crippen LogP contribution in [0.3, 0.4) is 0 Å². The van der Waals surface area contributed by atoms with Crippen LogP contribution < -0.4 is 4.74 Å². The molecule has 0 aliphatic carbocycles. The minimum atomic E-state index is -0.507. The largest absolute Gasteiger partial charge is 0.497 e. The van der Waals surface area contributed by atoms with E-state index in [1.165, 1.54) is 13.2 Å². The minimum absolute atomic E-state index is 0.142. The molecular formula is C21H13N3O4. The summed E-state index contributed by atoms with van der Waals surface area (Å²) >= 11 is 0. The number of benzene rings is 2. The van der Waals surface area contributed by atoms with E-state index < -0.39 is 4.92 Å². The number of rotatable bonds is 5. The van der Waals surface area contributed by atoms with E-state index in [0.717, 1.165) is 0 Å². The summed E-state index contributed by atoms with van der Waals surface area (Å²) in [5.41, 5.74) is 1.64. The van der Waals surface area contributed by atoms with Gasteiger partial charge in [0.15, 0.2) is 0 Å². The SMILES string of the molecule is COc1ccc(-c2ccc(/C=C(\C#N)c3ccc(C#N)cc3)o2)c([N+](=O)[O-])c1. The number of hydrogen-bond donors (Lipinski definition) is 0. The van der Waals surface area contributed by atoms with Gasteiger partial charge in [0, 0.05) is 0 Å². The molecule has 2 aromatic carbocycles. The summed E-state index contributed by atoms with van der Waals surface area (Å²) in [7, 11) is 1.43. The Kier molecular flexibility index (Phi) is 5.20. The van der Waals surface area contributed by atoms with E-state index >= 15 is 0 Å². The lowest BCUT2D eigenvalue weighted by Crippen LogP contribution is -1.93. The maximum Gasteiger partial charge on any atom is 0.284 e. The first kappa shape index (κ1) is 18.4. The molecule has 0 aliphatic rings. The molecule has 136 valence electrons. The Labute approximate surface area is 160 Å². The van der Waals surface area contributed by atoms with Crippen LogP contribution in [0.2, 0.25) is 0 Å². The van der Waals surface area contributed by atoms with E-state index in [1.54, 1.807) is 54.6 Å². The molecule has 7 heteroatoms. The number of hydrogen-bond acceptors (Lipinski definition) is 6. The van der Waals surface area contributed by atoms with Gasteiger partial charge in [0.2, 0.25) is 0 Å². The molecule has 0 saturated carbocycles. The van der Waals surface area contributed by atoms with Gasteiger partial charge in [-0.15, -0.1) is 0 Å². The summed E-state index contributed by atoms with van der Waals surface area (Å²) in [6.07, 6.45) is 1.54. The Hall–Kier alpha value is -4.36. The first-order valence-electron chi connectivity index (χ1n) is 8.10. The van der Waals surface area contributed by atoms with Crippen molar-refractivity contribution in [2.45, 2.75) is 0 Å². The smallest absolute Gasteiger partial charge is 0.284 e. The predicted octanol–water partition coefficient (Wildman–Crippen LogP) is 4.80. The highest BCUT2D eigenvalue weighted by atomic mass is 16.6. The van der Waals surface area contributed by atoms with E-state index in [-0.39, 0.29) is 5.69 Å². The van der Waals surface area contributed by atoms with Gasteiger partial charge in [-0.05, 0) is 48.0 Å². The third-order valence-corrected chi connectivity index (χ3v) is 4.03. The minimum Gasteiger partial charge on any atom is -0.497 e. The molecule has 3 aromatic rings. The number of ether oxygens (including phenoxy) is 1. The van der Waals surface area contributed by atoms with E-state index in [4.69, 9.17) is 14.4 Å². The standard InChI is InChI=1S/C21H13N3O4/c1-27-17-6-8-19(20(11-17)24(25)26)21-9-7-18(28-21)10-16(13-23)15-4-2-14(12-22)3-5-15/h2-11H,1H3/b16-10+. The number of methoxy groups -OCH3 is 1. The molecule has 0 spiro atoms. The average molecular weight is 371 g/mol. The van der Waals surface area contributed by atoms with Gasteiger partial charge < -0.3 is 9.15 Å². The predicted molar refractivity (Wildman–Crippen MR) is 102 cm³/mol. The van der Waals surface area contributed by atoms with Crippen LogP contribution in [0.4, 0.5) is 5.69 Å². The third-order valence-electron chi connectivity index (χ3n) is 4.03. The molecule has 0 radical (unpaired) electrons. The summed E-state index contributed by atoms with van der Waals surface area (Å²) in [4.78, 5) is 10.9. The normalized spacial score (nSPS) is 10.8. The molecule has 0 atom stereocenters. The highest BCUT2D eigenvalue weighted by Gasteiger charge is 2.19. The van der Waals surface area contributed by atoms with Crippen LogP contribution in [-0.4, -0.2) is 12.0 Å². The van der Waals surface area contributed by atoms with Crippen LogP contribution in [0.25, 0.3) is 23.0 Å². The molecule has 0 N–H and O–H groups in total. The molecule has 0 aliphatic heterocycles. The lowest BCUT2D eigenvalue weighted by atomic mass is 10.0. The lowest BCUT2D eigenvalue weighted by molar-refractivity contribution is -0.384. The van der Waals surface area contributed by atoms with Crippen molar-refractivity contribution in [1.29, 1.82) is 10.5 Å². The number of nitrogens with zero attached hydrogens (tertiary/aromatic N) is 3. The van der Waals surface area contributed by atoms with Crippen molar-refractivity contribution in [2.24, 2.45) is 0 Å². The molecule has 0 amide bonds. The molecular weight excluding hydrogens is 358 g/mol. The van der Waals surface area contributed by atoms with Gasteiger partial charge in [-0.3, -0.25) is 10.1 Å². The van der Waals surface area contributed by atoms with E-state index in [1.807, 2.05) is 6.07 Å². The molecule has 0 fully saturated rings. The van der Waals surface area contributed by atoms with Gasteiger partial charge in [0.05, 0.1) is 46.9 Å². The summed E-state index contributed by atoms with van der Waals surface area (Å²) in [5, 5.41) is 29.7. The van der Waals surface area contributed by atoms with Crippen molar-refractivity contribution in [3.63, 3.8) is 0 Å². The second-order valence-corrected chi connectivity index (χ2v) is 5.70. The van der Waals surface area contributed by atoms with Crippen molar-refractivity contribution in [2.75, 3.05) is 7.11 Å². The summed E-state index contributed by atoms with van der Waals surface area (Å²) < 4.78 is 10.7. The van der Waals surface area contributed by atoms with Crippen LogP contribution >= 0.6 is 0 Å². The van der Waals surface area contributed by atoms with Crippen molar-refractivity contribution in [3.8, 4) is 29.2 Å². The molecule has 1 heterocycles. The zero-order valence-electron chi connectivity index (χ0n) is 14.7. The summed E-state index contributed by atoms with van der Waals surface area (Å²) in [6, 6.07) is 18.4. The summed E-state index contributed by atoms with van der Waals surface area (Å²) in [6.45, 7) is 0. The molecule has 3 rings (SSSR count). The number of nitro benzene ring substituents is 1. The fourth-order valence-electron chi connectivity index (χ4n) is 2.62. The van der Waals surface area contributed by atoms with Gasteiger partial charge in [-0.1, -0.05) is 12.1 Å². The zero-order valence-corrected chi connectivity index (χ0v) is 14.7. The Balaban J connectivity index is 1.98. The second-order valence-electron chi connectivity index (χ2n) is 5.70. The Morgan fingerprint density at radius 1 is 1.14 bits per heavy atom. The van der Waals surface area contributed by atoms with Crippen LogP contribution in [0, 0.1) is 32.8 Å². The fourth-order valence-corrected chi connectivity index (χ4v) is 2.62. The van der Waals surface area contributed by atoms with Crippen molar-refractivity contribution in [3.05, 3.63) is 81.6 Å². The second kappa shape index (κ2) is 7.90. The zero-order chi connectivity index (χ0) is 20.1. The molecule has 28 heavy (non-hydrogen) atoms. The van der Waals surface area contributed by atoms with Gasteiger partial charge in [-0.2, -0.15) is 10.5 Å². The Morgan fingerprint density at radius 2 is 1.89 bits per heavy atom.